The smallest absolute Gasteiger partial charge is 0.184 e. The molecule has 8 heteroatoms. The summed E-state index contributed by atoms with van der Waals surface area (Å²) in [6.07, 6.45) is -2.48. The van der Waals surface area contributed by atoms with E-state index in [1.807, 2.05) is 24.3 Å². The molecule has 0 spiro atoms. The Morgan fingerprint density at radius 2 is 2.05 bits per heavy atom. The number of ether oxygens (including phenoxy) is 4. The molecule has 1 aromatic carbocycles. The molecule has 4 unspecified atom stereocenters. The third-order valence-corrected chi connectivity index (χ3v) is 3.86. The molecular weight excluding hydrogens is 290 g/mol. The van der Waals surface area contributed by atoms with Gasteiger partial charge in [0, 0.05) is 10.5 Å². The van der Waals surface area contributed by atoms with Gasteiger partial charge in [-0.15, -0.1) is 0 Å². The number of aliphatic hydroxyl groups is 1. The summed E-state index contributed by atoms with van der Waals surface area (Å²) in [5, 5.41) is 13.8. The largest absolute Gasteiger partial charge is 0.497 e. The van der Waals surface area contributed by atoms with Crippen LogP contribution in [-0.4, -0.2) is 49.8 Å². The van der Waals surface area contributed by atoms with Crippen LogP contribution in [0.25, 0.3) is 10.4 Å². The van der Waals surface area contributed by atoms with Crippen LogP contribution in [0.4, 0.5) is 0 Å². The molecule has 2 saturated heterocycles. The van der Waals surface area contributed by atoms with E-state index in [-0.39, 0.29) is 12.7 Å². The second kappa shape index (κ2) is 6.51. The van der Waals surface area contributed by atoms with Gasteiger partial charge in [-0.25, -0.2) is 0 Å². The topological polar surface area (TPSA) is 106 Å². The number of hydrogen-bond acceptors (Lipinski definition) is 6. The Labute approximate surface area is 127 Å². The average molecular weight is 307 g/mol. The maximum Gasteiger partial charge on any atom is 0.184 e. The molecule has 118 valence electrons. The van der Waals surface area contributed by atoms with Crippen LogP contribution >= 0.6 is 0 Å². The van der Waals surface area contributed by atoms with Gasteiger partial charge in [0.2, 0.25) is 0 Å². The second-order valence-electron chi connectivity index (χ2n) is 5.17. The lowest BCUT2D eigenvalue weighted by molar-refractivity contribution is -0.301. The SMILES string of the molecule is COc1ccc(C2OCC3OCC(N=[N+]=[N-])C(O)[C@H]3O2)cc1. The molecule has 5 atom stereocenters. The van der Waals surface area contributed by atoms with E-state index in [0.29, 0.717) is 6.61 Å². The number of methoxy groups -OCH3 is 1. The predicted molar refractivity (Wildman–Crippen MR) is 75.2 cm³/mol. The number of hydrogen-bond donors (Lipinski definition) is 1. The molecule has 1 N–H and O–H groups in total. The number of rotatable bonds is 3. The Kier molecular flexibility index (Phi) is 4.47. The van der Waals surface area contributed by atoms with E-state index < -0.39 is 24.5 Å². The molecule has 3 rings (SSSR count). The molecule has 8 nitrogen and oxygen atoms in total. The molecule has 1 aromatic rings. The van der Waals surface area contributed by atoms with Crippen molar-refractivity contribution >= 4 is 0 Å². The summed E-state index contributed by atoms with van der Waals surface area (Å²) in [5.41, 5.74) is 9.34. The number of nitrogens with zero attached hydrogens (tertiary/aromatic N) is 3. The van der Waals surface area contributed by atoms with Crippen LogP contribution in [0.5, 0.6) is 5.75 Å². The minimum Gasteiger partial charge on any atom is -0.497 e. The molecule has 2 heterocycles. The fourth-order valence-corrected chi connectivity index (χ4v) is 2.63. The molecule has 0 aliphatic carbocycles. The van der Waals surface area contributed by atoms with Crippen molar-refractivity contribution < 1.29 is 24.1 Å². The summed E-state index contributed by atoms with van der Waals surface area (Å²) in [4.78, 5) is 2.73. The molecule has 0 saturated carbocycles. The van der Waals surface area contributed by atoms with Crippen molar-refractivity contribution in [2.45, 2.75) is 30.6 Å². The van der Waals surface area contributed by atoms with Crippen LogP contribution in [0.3, 0.4) is 0 Å². The van der Waals surface area contributed by atoms with Crippen molar-refractivity contribution in [2.24, 2.45) is 5.11 Å². The van der Waals surface area contributed by atoms with E-state index in [1.165, 1.54) is 0 Å². The highest BCUT2D eigenvalue weighted by Crippen LogP contribution is 2.33. The van der Waals surface area contributed by atoms with Gasteiger partial charge in [-0.2, -0.15) is 0 Å². The Morgan fingerprint density at radius 1 is 1.27 bits per heavy atom. The first-order valence-electron chi connectivity index (χ1n) is 6.98. The minimum absolute atomic E-state index is 0.159. The van der Waals surface area contributed by atoms with Gasteiger partial charge < -0.3 is 24.1 Å². The van der Waals surface area contributed by atoms with Crippen molar-refractivity contribution in [3.8, 4) is 5.75 Å². The van der Waals surface area contributed by atoms with E-state index >= 15 is 0 Å². The third kappa shape index (κ3) is 2.87. The summed E-state index contributed by atoms with van der Waals surface area (Å²) in [6.45, 7) is 0.466. The number of fused-ring (bicyclic) bond motifs is 1. The second-order valence-corrected chi connectivity index (χ2v) is 5.17. The molecule has 0 aromatic heterocycles. The van der Waals surface area contributed by atoms with Crippen LogP contribution in [-0.2, 0) is 14.2 Å². The first-order valence-corrected chi connectivity index (χ1v) is 6.98. The van der Waals surface area contributed by atoms with Gasteiger partial charge in [0.1, 0.15) is 18.0 Å². The highest BCUT2D eigenvalue weighted by Gasteiger charge is 2.44. The highest BCUT2D eigenvalue weighted by molar-refractivity contribution is 5.28. The molecule has 2 aliphatic heterocycles. The predicted octanol–water partition coefficient (Wildman–Crippen LogP) is 1.55. The lowest BCUT2D eigenvalue weighted by Gasteiger charge is -2.43. The molecule has 22 heavy (non-hydrogen) atoms. The minimum atomic E-state index is -0.917. The van der Waals surface area contributed by atoms with E-state index in [9.17, 15) is 5.11 Å². The van der Waals surface area contributed by atoms with Crippen molar-refractivity contribution in [2.75, 3.05) is 20.3 Å². The maximum atomic E-state index is 10.3. The zero-order chi connectivity index (χ0) is 15.5. The van der Waals surface area contributed by atoms with Gasteiger partial charge in [-0.3, -0.25) is 0 Å². The van der Waals surface area contributed by atoms with Crippen LogP contribution in [0.1, 0.15) is 11.9 Å². The van der Waals surface area contributed by atoms with Crippen molar-refractivity contribution in [3.05, 3.63) is 40.3 Å². The van der Waals surface area contributed by atoms with Crippen LogP contribution in [0.15, 0.2) is 29.4 Å². The third-order valence-electron chi connectivity index (χ3n) is 3.86. The number of azide groups is 1. The molecule has 0 amide bonds. The Hall–Kier alpha value is -1.83. The average Bonchev–Trinajstić information content (AvgIpc) is 2.57. The Bertz CT molecular complexity index is 560. The van der Waals surface area contributed by atoms with Gasteiger partial charge in [0.15, 0.2) is 6.29 Å². The molecule has 2 fully saturated rings. The molecule has 2 aliphatic rings. The van der Waals surface area contributed by atoms with Gasteiger partial charge >= 0.3 is 0 Å². The van der Waals surface area contributed by atoms with E-state index in [2.05, 4.69) is 10.0 Å². The maximum absolute atomic E-state index is 10.3. The fourth-order valence-electron chi connectivity index (χ4n) is 2.63. The normalized spacial score (nSPS) is 34.4. The summed E-state index contributed by atoms with van der Waals surface area (Å²) in [7, 11) is 1.60. The lowest BCUT2D eigenvalue weighted by Crippen LogP contribution is -2.57. The van der Waals surface area contributed by atoms with Crippen molar-refractivity contribution in [1.29, 1.82) is 0 Å². The van der Waals surface area contributed by atoms with Crippen molar-refractivity contribution in [3.63, 3.8) is 0 Å². The molecule has 0 radical (unpaired) electrons. The number of aliphatic hydroxyl groups excluding tert-OH is 1. The Morgan fingerprint density at radius 3 is 2.73 bits per heavy atom. The zero-order valence-corrected chi connectivity index (χ0v) is 12.0. The van der Waals surface area contributed by atoms with Crippen LogP contribution in [0, 0.1) is 0 Å². The van der Waals surface area contributed by atoms with Crippen LogP contribution in [0.2, 0.25) is 0 Å². The monoisotopic (exact) mass is 307 g/mol. The zero-order valence-electron chi connectivity index (χ0n) is 12.0. The van der Waals surface area contributed by atoms with E-state index in [0.717, 1.165) is 11.3 Å². The summed E-state index contributed by atoms with van der Waals surface area (Å²) < 4.78 is 22.1. The van der Waals surface area contributed by atoms with Crippen LogP contribution < -0.4 is 4.74 Å². The first kappa shape index (κ1) is 15.1. The quantitative estimate of drug-likeness (QED) is 0.518. The lowest BCUT2D eigenvalue weighted by atomic mass is 9.97. The summed E-state index contributed by atoms with van der Waals surface area (Å²) in [6, 6.07) is 6.64. The first-order chi connectivity index (χ1) is 10.7. The molecular formula is C14H17N3O5. The highest BCUT2D eigenvalue weighted by atomic mass is 16.7. The van der Waals surface area contributed by atoms with E-state index in [4.69, 9.17) is 24.5 Å². The molecule has 0 bridgehead atoms. The summed E-state index contributed by atoms with van der Waals surface area (Å²) in [5.74, 6) is 0.738. The van der Waals surface area contributed by atoms with Gasteiger partial charge in [-0.1, -0.05) is 17.2 Å². The van der Waals surface area contributed by atoms with Gasteiger partial charge in [0.25, 0.3) is 0 Å². The fraction of sp³-hybridized carbons (Fsp3) is 0.571. The summed E-state index contributed by atoms with van der Waals surface area (Å²) >= 11 is 0. The Balaban J connectivity index is 1.73. The van der Waals surface area contributed by atoms with Gasteiger partial charge in [-0.05, 0) is 17.7 Å². The number of benzene rings is 1. The van der Waals surface area contributed by atoms with Crippen molar-refractivity contribution in [1.82, 2.24) is 0 Å². The van der Waals surface area contributed by atoms with E-state index in [1.54, 1.807) is 7.11 Å². The van der Waals surface area contributed by atoms with Gasteiger partial charge in [0.05, 0.1) is 32.5 Å². The standard InChI is InChI=1S/C14H17N3O5/c1-19-9-4-2-8(3-5-9)14-21-7-11-13(22-14)12(18)10(6-20-11)16-17-15/h2-5,10-14,18H,6-7H2,1H3/t10?,11?,12?,13-,14?/m0/s1.